The first kappa shape index (κ1) is 22.8. The number of aryl methyl sites for hydroxylation is 1. The summed E-state index contributed by atoms with van der Waals surface area (Å²) in [5, 5.41) is -0.502. The van der Waals surface area contributed by atoms with Gasteiger partial charge in [-0.1, -0.05) is 99.7 Å². The van der Waals surface area contributed by atoms with Crippen LogP contribution in [0.25, 0.3) is 12.2 Å². The minimum atomic E-state index is -0.502. The third-order valence-electron chi connectivity index (χ3n) is 4.83. The highest BCUT2D eigenvalue weighted by molar-refractivity contribution is 6.66. The van der Waals surface area contributed by atoms with Crippen molar-refractivity contribution in [3.8, 4) is 0 Å². The van der Waals surface area contributed by atoms with E-state index >= 15 is 0 Å². The van der Waals surface area contributed by atoms with Crippen LogP contribution in [0.5, 0.6) is 0 Å². The van der Waals surface area contributed by atoms with Gasteiger partial charge in [-0.2, -0.15) is 0 Å². The molecule has 0 radical (unpaired) electrons. The maximum Gasteiger partial charge on any atom is 0.245 e. The molecule has 2 aromatic rings. The molecule has 29 heavy (non-hydrogen) atoms. The Morgan fingerprint density at radius 1 is 0.759 bits per heavy atom. The number of carbonyl (C=O) groups excluding carboxylic acids is 2. The lowest BCUT2D eigenvalue weighted by molar-refractivity contribution is -0.107. The lowest BCUT2D eigenvalue weighted by atomic mass is 10.0. The SMILES string of the molecule is CCCCCCCCc1ccc(C(=O)C=Cc2ccc(C=CC(=O)Cl)cc2)cc1. The Bertz CT molecular complexity index is 830. The van der Waals surface area contributed by atoms with Crippen molar-refractivity contribution in [3.63, 3.8) is 0 Å². The third kappa shape index (κ3) is 9.06. The van der Waals surface area contributed by atoms with Gasteiger partial charge in [0.05, 0.1) is 0 Å². The molecular weight excluding hydrogens is 380 g/mol. The highest BCUT2D eigenvalue weighted by Crippen LogP contribution is 2.13. The number of rotatable bonds is 12. The van der Waals surface area contributed by atoms with Crippen LogP contribution < -0.4 is 0 Å². The van der Waals surface area contributed by atoms with Gasteiger partial charge in [0.1, 0.15) is 0 Å². The van der Waals surface area contributed by atoms with Gasteiger partial charge in [-0.05, 0) is 53.3 Å². The molecule has 0 spiro atoms. The van der Waals surface area contributed by atoms with Gasteiger partial charge >= 0.3 is 0 Å². The van der Waals surface area contributed by atoms with Crippen molar-refractivity contribution in [3.05, 3.63) is 82.9 Å². The Labute approximate surface area is 179 Å². The first-order valence-electron chi connectivity index (χ1n) is 10.4. The topological polar surface area (TPSA) is 34.1 Å². The lowest BCUT2D eigenvalue weighted by Gasteiger charge is -2.03. The van der Waals surface area contributed by atoms with Crippen LogP contribution >= 0.6 is 11.6 Å². The molecule has 3 heteroatoms. The molecule has 0 saturated heterocycles. The van der Waals surface area contributed by atoms with Crippen LogP contribution in [0.2, 0.25) is 0 Å². The number of unbranched alkanes of at least 4 members (excludes halogenated alkanes) is 5. The summed E-state index contributed by atoms with van der Waals surface area (Å²) < 4.78 is 0. The van der Waals surface area contributed by atoms with Crippen LogP contribution in [0.1, 0.15) is 72.5 Å². The van der Waals surface area contributed by atoms with Crippen molar-refractivity contribution < 1.29 is 9.59 Å². The van der Waals surface area contributed by atoms with Crippen LogP contribution in [-0.4, -0.2) is 11.0 Å². The summed E-state index contributed by atoms with van der Waals surface area (Å²) in [6.07, 6.45) is 15.2. The van der Waals surface area contributed by atoms with Gasteiger partial charge in [-0.25, -0.2) is 0 Å². The fourth-order valence-corrected chi connectivity index (χ4v) is 3.16. The van der Waals surface area contributed by atoms with E-state index in [1.54, 1.807) is 18.2 Å². The van der Waals surface area contributed by atoms with E-state index in [0.29, 0.717) is 5.56 Å². The molecule has 0 unspecified atom stereocenters. The van der Waals surface area contributed by atoms with E-state index in [1.165, 1.54) is 50.2 Å². The second-order valence-electron chi connectivity index (χ2n) is 7.22. The van der Waals surface area contributed by atoms with E-state index < -0.39 is 5.24 Å². The maximum atomic E-state index is 12.4. The van der Waals surface area contributed by atoms with Gasteiger partial charge in [0.2, 0.25) is 5.24 Å². The Morgan fingerprint density at radius 3 is 1.90 bits per heavy atom. The Morgan fingerprint density at radius 2 is 1.31 bits per heavy atom. The van der Waals surface area contributed by atoms with Gasteiger partial charge in [0.25, 0.3) is 0 Å². The second kappa shape index (κ2) is 12.9. The van der Waals surface area contributed by atoms with Crippen LogP contribution in [0, 0.1) is 0 Å². The molecule has 0 N–H and O–H groups in total. The van der Waals surface area contributed by atoms with Crippen molar-refractivity contribution in [1.82, 2.24) is 0 Å². The monoisotopic (exact) mass is 408 g/mol. The van der Waals surface area contributed by atoms with Gasteiger partial charge in [-0.3, -0.25) is 9.59 Å². The van der Waals surface area contributed by atoms with Crippen molar-refractivity contribution in [2.75, 3.05) is 0 Å². The number of hydrogen-bond donors (Lipinski definition) is 0. The summed E-state index contributed by atoms with van der Waals surface area (Å²) in [6.45, 7) is 2.24. The zero-order valence-electron chi connectivity index (χ0n) is 17.1. The summed E-state index contributed by atoms with van der Waals surface area (Å²) in [6, 6.07) is 15.5. The molecule has 152 valence electrons. The molecule has 0 bridgehead atoms. The quantitative estimate of drug-likeness (QED) is 0.160. The summed E-state index contributed by atoms with van der Waals surface area (Å²) in [7, 11) is 0. The smallest absolute Gasteiger partial charge is 0.245 e. The summed E-state index contributed by atoms with van der Waals surface area (Å²) in [5.41, 5.74) is 3.80. The second-order valence-corrected chi connectivity index (χ2v) is 7.59. The minimum absolute atomic E-state index is 0.00664. The molecule has 0 saturated carbocycles. The Balaban J connectivity index is 1.83. The summed E-state index contributed by atoms with van der Waals surface area (Å²) in [4.78, 5) is 23.1. The molecule has 0 amide bonds. The summed E-state index contributed by atoms with van der Waals surface area (Å²) >= 11 is 5.29. The maximum absolute atomic E-state index is 12.4. The predicted octanol–water partition coefficient (Wildman–Crippen LogP) is 7.26. The average molecular weight is 409 g/mol. The molecule has 2 aromatic carbocycles. The van der Waals surface area contributed by atoms with Crippen molar-refractivity contribution in [2.24, 2.45) is 0 Å². The van der Waals surface area contributed by atoms with Crippen LogP contribution in [-0.2, 0) is 11.2 Å². The fraction of sp³-hybridized carbons (Fsp3) is 0.308. The Kier molecular flexibility index (Phi) is 10.2. The number of halogens is 1. The van der Waals surface area contributed by atoms with Gasteiger partial charge in [0, 0.05) is 5.56 Å². The molecule has 0 atom stereocenters. The van der Waals surface area contributed by atoms with Crippen molar-refractivity contribution in [2.45, 2.75) is 51.9 Å². The number of allylic oxidation sites excluding steroid dienone is 2. The van der Waals surface area contributed by atoms with Gasteiger partial charge < -0.3 is 0 Å². The normalized spacial score (nSPS) is 11.4. The molecule has 0 aliphatic carbocycles. The van der Waals surface area contributed by atoms with Crippen LogP contribution in [0.4, 0.5) is 0 Å². The van der Waals surface area contributed by atoms with Crippen molar-refractivity contribution >= 4 is 34.8 Å². The number of hydrogen-bond acceptors (Lipinski definition) is 2. The zero-order valence-corrected chi connectivity index (χ0v) is 17.8. The largest absolute Gasteiger partial charge is 0.289 e. The van der Waals surface area contributed by atoms with Crippen LogP contribution in [0.15, 0.2) is 60.7 Å². The van der Waals surface area contributed by atoms with E-state index in [1.807, 2.05) is 36.4 Å². The van der Waals surface area contributed by atoms with Crippen LogP contribution in [0.3, 0.4) is 0 Å². The molecule has 2 rings (SSSR count). The van der Waals surface area contributed by atoms with E-state index in [2.05, 4.69) is 19.1 Å². The average Bonchev–Trinajstić information content (AvgIpc) is 2.74. The van der Waals surface area contributed by atoms with Gasteiger partial charge in [-0.15, -0.1) is 0 Å². The number of benzene rings is 2. The Hall–Kier alpha value is -2.45. The molecular formula is C26H29ClO2. The summed E-state index contributed by atoms with van der Waals surface area (Å²) in [5.74, 6) is -0.00664. The molecule has 0 heterocycles. The first-order chi connectivity index (χ1) is 14.1. The molecule has 0 fully saturated rings. The number of ketones is 1. The fourth-order valence-electron chi connectivity index (χ4n) is 3.09. The zero-order chi connectivity index (χ0) is 20.9. The highest BCUT2D eigenvalue weighted by atomic mass is 35.5. The standard InChI is InChI=1S/C26H29ClO2/c1-2-3-4-5-6-7-8-21-13-17-24(18-14-21)25(28)19-15-22-9-11-23(12-10-22)16-20-26(27)29/h9-20H,2-8H2,1H3. The van der Waals surface area contributed by atoms with E-state index in [0.717, 1.165) is 17.5 Å². The minimum Gasteiger partial charge on any atom is -0.289 e. The van der Waals surface area contributed by atoms with E-state index in [9.17, 15) is 9.59 Å². The first-order valence-corrected chi connectivity index (χ1v) is 10.7. The predicted molar refractivity (Wildman–Crippen MR) is 123 cm³/mol. The molecule has 0 aliphatic rings. The molecule has 0 aromatic heterocycles. The van der Waals surface area contributed by atoms with Crippen molar-refractivity contribution in [1.29, 1.82) is 0 Å². The molecule has 2 nitrogen and oxygen atoms in total. The van der Waals surface area contributed by atoms with Gasteiger partial charge in [0.15, 0.2) is 5.78 Å². The van der Waals surface area contributed by atoms with E-state index in [4.69, 9.17) is 11.6 Å². The highest BCUT2D eigenvalue weighted by Gasteiger charge is 2.02. The number of carbonyl (C=O) groups is 2. The third-order valence-corrected chi connectivity index (χ3v) is 4.95. The lowest BCUT2D eigenvalue weighted by Crippen LogP contribution is -1.95. The van der Waals surface area contributed by atoms with E-state index in [-0.39, 0.29) is 5.78 Å². The molecule has 0 aliphatic heterocycles.